The van der Waals surface area contributed by atoms with Gasteiger partial charge in [0.2, 0.25) is 0 Å². The van der Waals surface area contributed by atoms with E-state index in [1.54, 1.807) is 0 Å². The molecule has 74 heavy (non-hydrogen) atoms. The monoisotopic (exact) mass is 987 g/mol. The van der Waals surface area contributed by atoms with Crippen LogP contribution in [0.2, 0.25) is 0 Å². The summed E-state index contributed by atoms with van der Waals surface area (Å²) in [6.07, 6.45) is 19.0. The van der Waals surface area contributed by atoms with Crippen LogP contribution < -0.4 is 19.6 Å². The van der Waals surface area contributed by atoms with E-state index in [2.05, 4.69) is 232 Å². The summed E-state index contributed by atoms with van der Waals surface area (Å²) in [5, 5.41) is 0. The maximum absolute atomic E-state index is 3.59. The molecule has 0 radical (unpaired) electrons. The lowest BCUT2D eigenvalue weighted by atomic mass is 9.97. The molecule has 0 aliphatic heterocycles. The molecule has 4 heteroatoms. The summed E-state index contributed by atoms with van der Waals surface area (Å²) in [7, 11) is 0. The van der Waals surface area contributed by atoms with E-state index >= 15 is 0 Å². The lowest BCUT2D eigenvalue weighted by molar-refractivity contribution is 0.678. The van der Waals surface area contributed by atoms with Crippen molar-refractivity contribution in [2.75, 3.05) is 72.0 Å². The zero-order valence-corrected chi connectivity index (χ0v) is 47.2. The first kappa shape index (κ1) is 58.4. The predicted molar refractivity (Wildman–Crippen MR) is 324 cm³/mol. The molecule has 0 atom stereocenters. The van der Waals surface area contributed by atoms with Crippen LogP contribution in [0.5, 0.6) is 0 Å². The van der Waals surface area contributed by atoms with E-state index in [0.717, 1.165) is 96.9 Å². The van der Waals surface area contributed by atoms with Crippen molar-refractivity contribution in [2.45, 2.75) is 158 Å². The maximum Gasteiger partial charge on any atom is 0.0419 e. The summed E-state index contributed by atoms with van der Waals surface area (Å²) >= 11 is 0. The number of rotatable bonds is 28. The predicted octanol–water partition coefficient (Wildman–Crippen LogP) is 16.9. The Morgan fingerprint density at radius 3 is 0.541 bits per heavy atom. The topological polar surface area (TPSA) is 13.0 Å². The van der Waals surface area contributed by atoms with E-state index < -0.39 is 0 Å². The molecular weight excluding hydrogens is 897 g/mol. The molecule has 0 unspecified atom stereocenters. The highest BCUT2D eigenvalue weighted by molar-refractivity contribution is 5.65. The van der Waals surface area contributed by atoms with Gasteiger partial charge in [0.15, 0.2) is 0 Å². The van der Waals surface area contributed by atoms with Crippen LogP contribution >= 0.6 is 0 Å². The van der Waals surface area contributed by atoms with Crippen molar-refractivity contribution in [2.24, 2.45) is 0 Å². The fourth-order valence-corrected chi connectivity index (χ4v) is 8.87. The normalized spacial score (nSPS) is 10.5. The van der Waals surface area contributed by atoms with Gasteiger partial charge in [0.05, 0.1) is 0 Å². The van der Waals surface area contributed by atoms with Gasteiger partial charge >= 0.3 is 0 Å². The zero-order chi connectivity index (χ0) is 52.6. The average Bonchev–Trinajstić information content (AvgIpc) is 3.44. The molecule has 0 saturated carbocycles. The second-order valence-corrected chi connectivity index (χ2v) is 19.9. The molecule has 5 rings (SSSR count). The summed E-state index contributed by atoms with van der Waals surface area (Å²) < 4.78 is 0. The van der Waals surface area contributed by atoms with Crippen LogP contribution in [0.4, 0.5) is 22.7 Å². The Kier molecular flexibility index (Phi) is 26.9. The van der Waals surface area contributed by atoms with Crippen molar-refractivity contribution in [3.05, 3.63) is 154 Å². The highest BCUT2D eigenvalue weighted by atomic mass is 15.1. The van der Waals surface area contributed by atoms with E-state index in [-0.39, 0.29) is 0 Å². The van der Waals surface area contributed by atoms with E-state index in [0.29, 0.717) is 0 Å². The molecular formula is C70H90N4. The van der Waals surface area contributed by atoms with Crippen molar-refractivity contribution in [3.8, 4) is 47.4 Å². The molecule has 0 N–H and O–H groups in total. The highest BCUT2D eigenvalue weighted by Gasteiger charge is 2.11. The molecule has 5 aromatic carbocycles. The van der Waals surface area contributed by atoms with Crippen LogP contribution in [0, 0.1) is 47.4 Å². The molecule has 5 aromatic rings. The molecule has 0 amide bonds. The van der Waals surface area contributed by atoms with Crippen LogP contribution in [-0.4, -0.2) is 52.4 Å². The number of nitrogens with zero attached hydrogens (tertiary/aromatic N) is 4. The smallest absolute Gasteiger partial charge is 0.0419 e. The number of hydrogen-bond donors (Lipinski definition) is 0. The van der Waals surface area contributed by atoms with Gasteiger partial charge in [0.25, 0.3) is 0 Å². The summed E-state index contributed by atoms with van der Waals surface area (Å²) in [5.41, 5.74) is 12.3. The average molecular weight is 988 g/mol. The Morgan fingerprint density at radius 1 is 0.230 bits per heavy atom. The summed E-state index contributed by atoms with van der Waals surface area (Å²) in [5.74, 6) is 28.5. The van der Waals surface area contributed by atoms with Crippen LogP contribution in [0.3, 0.4) is 0 Å². The van der Waals surface area contributed by atoms with Gasteiger partial charge in [-0.05, 0) is 161 Å². The van der Waals surface area contributed by atoms with Crippen LogP contribution in [0.15, 0.2) is 109 Å². The van der Waals surface area contributed by atoms with Gasteiger partial charge in [0.1, 0.15) is 0 Å². The zero-order valence-electron chi connectivity index (χ0n) is 47.2. The second-order valence-electron chi connectivity index (χ2n) is 19.9. The molecule has 0 aliphatic rings. The fraction of sp³-hybridized carbons (Fsp3) is 0.457. The van der Waals surface area contributed by atoms with Gasteiger partial charge in [-0.15, -0.1) is 0 Å². The second kappa shape index (κ2) is 34.1. The third-order valence-electron chi connectivity index (χ3n) is 13.7. The van der Waals surface area contributed by atoms with Gasteiger partial charge in [-0.1, -0.05) is 154 Å². The molecule has 0 bridgehead atoms. The van der Waals surface area contributed by atoms with Gasteiger partial charge in [-0.25, -0.2) is 0 Å². The molecule has 0 saturated heterocycles. The van der Waals surface area contributed by atoms with Crippen molar-refractivity contribution < 1.29 is 0 Å². The minimum absolute atomic E-state index is 0.840. The number of benzene rings is 5. The Morgan fingerprint density at radius 2 is 0.392 bits per heavy atom. The molecule has 0 heterocycles. The van der Waals surface area contributed by atoms with E-state index in [9.17, 15) is 0 Å². The van der Waals surface area contributed by atoms with Gasteiger partial charge in [0, 0.05) is 120 Å². The first-order valence-electron chi connectivity index (χ1n) is 29.0. The highest BCUT2D eigenvalue weighted by Crippen LogP contribution is 2.23. The molecule has 0 spiro atoms. The lowest BCUT2D eigenvalue weighted by Gasteiger charge is -2.24. The Labute approximate surface area is 451 Å². The van der Waals surface area contributed by atoms with Gasteiger partial charge < -0.3 is 19.6 Å². The molecule has 390 valence electrons. The van der Waals surface area contributed by atoms with Crippen LogP contribution in [0.25, 0.3) is 0 Å². The van der Waals surface area contributed by atoms with Crippen molar-refractivity contribution in [1.29, 1.82) is 0 Å². The van der Waals surface area contributed by atoms with Gasteiger partial charge in [-0.2, -0.15) is 0 Å². The summed E-state index contributed by atoms with van der Waals surface area (Å²) in [4.78, 5) is 10.1. The Balaban J connectivity index is 1.63. The van der Waals surface area contributed by atoms with Crippen molar-refractivity contribution >= 4 is 22.7 Å². The lowest BCUT2D eigenvalue weighted by Crippen LogP contribution is -2.25. The molecule has 4 nitrogen and oxygen atoms in total. The maximum atomic E-state index is 3.59. The number of unbranched alkanes of at least 4 members (excludes halogenated alkanes) is 8. The molecule has 0 aliphatic carbocycles. The van der Waals surface area contributed by atoms with Crippen molar-refractivity contribution in [3.63, 3.8) is 0 Å². The molecule has 0 aromatic heterocycles. The summed E-state index contributed by atoms with van der Waals surface area (Å²) in [6, 6.07) is 39.4. The Hall–Kier alpha value is -6.46. The van der Waals surface area contributed by atoms with E-state index in [1.807, 2.05) is 0 Å². The largest absolute Gasteiger partial charge is 0.372 e. The number of hydrogen-bond acceptors (Lipinski definition) is 4. The fourth-order valence-electron chi connectivity index (χ4n) is 8.87. The first-order chi connectivity index (χ1) is 36.4. The minimum Gasteiger partial charge on any atom is -0.372 e. The molecule has 0 fully saturated rings. The van der Waals surface area contributed by atoms with Gasteiger partial charge in [-0.3, -0.25) is 0 Å². The quantitative estimate of drug-likeness (QED) is 0.0463. The third kappa shape index (κ3) is 19.8. The van der Waals surface area contributed by atoms with Crippen molar-refractivity contribution in [1.82, 2.24) is 0 Å². The Bertz CT molecular complexity index is 2230. The SMILES string of the molecule is CCCCN(CCCC)c1ccc(C#Cc2cc(C#Cc3ccc(N(CCCC)CCCC)cc3)c(C#Cc3ccc(N(CCCC)CCCC)cc3)cc2C#Cc2ccc(N(CCCC)CCCC)cc2)cc1. The third-order valence-corrected chi connectivity index (χ3v) is 13.7. The van der Waals surface area contributed by atoms with Crippen LogP contribution in [-0.2, 0) is 0 Å². The van der Waals surface area contributed by atoms with E-state index in [4.69, 9.17) is 0 Å². The van der Waals surface area contributed by atoms with Crippen LogP contribution in [0.1, 0.15) is 203 Å². The van der Waals surface area contributed by atoms with E-state index in [1.165, 1.54) is 125 Å². The summed E-state index contributed by atoms with van der Waals surface area (Å²) in [6.45, 7) is 26.7. The first-order valence-corrected chi connectivity index (χ1v) is 29.0. The standard InChI is InChI=1S/C70H90N4/c1-9-17-49-71(50-18-10-2)67-41-29-59(30-42-67)25-37-63-57-65(39-27-61-33-45-69(46-34-61)73(53-21-13-5)54-22-14-6)66(40-28-62-35-47-70(48-36-62)74(55-23-15-7)56-24-16-8)58-64(63)38-26-60-31-43-68(44-32-60)72(51-19-11-3)52-20-12-4/h29-36,41-48,57-58H,9-24,49-56H2,1-8H3. The number of anilines is 4. The minimum atomic E-state index is 0.840.